The number of rotatable bonds is 7. The van der Waals surface area contributed by atoms with Gasteiger partial charge in [0.2, 0.25) is 0 Å². The van der Waals surface area contributed by atoms with Crippen LogP contribution in [-0.4, -0.2) is 46.2 Å². The molecule has 2 atom stereocenters. The first-order valence-electron chi connectivity index (χ1n) is 9.17. The van der Waals surface area contributed by atoms with E-state index in [9.17, 15) is 16.8 Å². The lowest BCUT2D eigenvalue weighted by Gasteiger charge is -2.20. The van der Waals surface area contributed by atoms with Crippen LogP contribution in [0.25, 0.3) is 0 Å². The lowest BCUT2D eigenvalue weighted by Crippen LogP contribution is -2.43. The first-order valence-corrected chi connectivity index (χ1v) is 12.5. The third-order valence-electron chi connectivity index (χ3n) is 4.81. The van der Waals surface area contributed by atoms with Crippen molar-refractivity contribution in [2.75, 3.05) is 18.1 Å². The summed E-state index contributed by atoms with van der Waals surface area (Å²) in [5, 5.41) is 2.14. The molecule has 0 spiro atoms. The monoisotopic (exact) mass is 423 g/mol. The quantitative estimate of drug-likeness (QED) is 0.734. The Morgan fingerprint density at radius 1 is 1.11 bits per heavy atom. The maximum absolute atomic E-state index is 13.1. The lowest BCUT2D eigenvalue weighted by molar-refractivity contribution is 0.340. The molecule has 2 aromatic carbocycles. The first-order chi connectivity index (χ1) is 13.2. The highest BCUT2D eigenvalue weighted by atomic mass is 32.2. The second-order valence-electron chi connectivity index (χ2n) is 7.04. The van der Waals surface area contributed by atoms with E-state index in [0.717, 1.165) is 11.1 Å². The van der Waals surface area contributed by atoms with Crippen molar-refractivity contribution < 1.29 is 21.6 Å². The average molecular weight is 424 g/mol. The minimum Gasteiger partial charge on any atom is -0.494 e. The van der Waals surface area contributed by atoms with Crippen LogP contribution in [-0.2, 0) is 26.2 Å². The van der Waals surface area contributed by atoms with Gasteiger partial charge in [0, 0.05) is 12.6 Å². The van der Waals surface area contributed by atoms with E-state index >= 15 is 0 Å². The van der Waals surface area contributed by atoms with Gasteiger partial charge >= 0.3 is 0 Å². The molecule has 1 fully saturated rings. The van der Waals surface area contributed by atoms with Crippen LogP contribution in [0.5, 0.6) is 5.75 Å². The van der Waals surface area contributed by atoms with E-state index in [4.69, 9.17) is 4.74 Å². The van der Waals surface area contributed by atoms with Crippen molar-refractivity contribution in [1.82, 2.24) is 5.32 Å². The van der Waals surface area contributed by atoms with Crippen LogP contribution in [0.4, 0.5) is 0 Å². The molecule has 1 saturated heterocycles. The van der Waals surface area contributed by atoms with Crippen LogP contribution < -0.4 is 10.1 Å². The van der Waals surface area contributed by atoms with Crippen LogP contribution in [0.1, 0.15) is 18.1 Å². The molecular formula is C20H25NO5S2. The predicted octanol–water partition coefficient (Wildman–Crippen LogP) is 2.12. The zero-order valence-electron chi connectivity index (χ0n) is 16.0. The maximum Gasteiger partial charge on any atom is 0.183 e. The molecule has 0 unspecified atom stereocenters. The van der Waals surface area contributed by atoms with Crippen molar-refractivity contribution in [3.63, 3.8) is 0 Å². The second kappa shape index (κ2) is 8.23. The second-order valence-corrected chi connectivity index (χ2v) is 11.4. The third-order valence-corrected chi connectivity index (χ3v) is 8.98. The zero-order valence-corrected chi connectivity index (χ0v) is 17.6. The average Bonchev–Trinajstić information content (AvgIpc) is 2.96. The Balaban J connectivity index is 1.82. The summed E-state index contributed by atoms with van der Waals surface area (Å²) in [6.07, 6.45) is 0. The topological polar surface area (TPSA) is 89.5 Å². The molecule has 0 radical (unpaired) electrons. The van der Waals surface area contributed by atoms with E-state index < -0.39 is 31.0 Å². The van der Waals surface area contributed by atoms with Crippen LogP contribution in [0.15, 0.2) is 53.4 Å². The highest BCUT2D eigenvalue weighted by Crippen LogP contribution is 2.27. The summed E-state index contributed by atoms with van der Waals surface area (Å²) < 4.78 is 56.0. The Kier molecular flexibility index (Phi) is 6.12. The molecule has 0 bridgehead atoms. The van der Waals surface area contributed by atoms with E-state index in [-0.39, 0.29) is 16.4 Å². The SMILES string of the molecule is CCOc1ccc(S(=O)(=O)[C@H]2CS(=O)(=O)C[C@@H]2NCc2cccc(C)c2)cc1. The van der Waals surface area contributed by atoms with Crippen LogP contribution in [0.3, 0.4) is 0 Å². The fourth-order valence-corrected chi connectivity index (χ4v) is 8.17. The van der Waals surface area contributed by atoms with Gasteiger partial charge in [-0.3, -0.25) is 0 Å². The van der Waals surface area contributed by atoms with Gasteiger partial charge in [0.15, 0.2) is 19.7 Å². The van der Waals surface area contributed by atoms with Crippen molar-refractivity contribution >= 4 is 19.7 Å². The van der Waals surface area contributed by atoms with Crippen LogP contribution in [0, 0.1) is 6.92 Å². The standard InChI is InChI=1S/C20H25NO5S2/c1-3-26-17-7-9-18(10-8-17)28(24,25)20-14-27(22,23)13-19(20)21-12-16-6-4-5-15(2)11-16/h4-11,19-21H,3,12-14H2,1-2H3/t19-,20-/m0/s1. The summed E-state index contributed by atoms with van der Waals surface area (Å²) in [7, 11) is -7.23. The summed E-state index contributed by atoms with van der Waals surface area (Å²) in [6.45, 7) is 4.72. The molecule has 1 aliphatic rings. The summed E-state index contributed by atoms with van der Waals surface area (Å²) >= 11 is 0. The number of hydrogen-bond donors (Lipinski definition) is 1. The Morgan fingerprint density at radius 2 is 1.82 bits per heavy atom. The molecule has 2 aromatic rings. The summed E-state index contributed by atoms with van der Waals surface area (Å²) in [4.78, 5) is 0.111. The van der Waals surface area contributed by atoms with Gasteiger partial charge in [0.25, 0.3) is 0 Å². The van der Waals surface area contributed by atoms with Gasteiger partial charge < -0.3 is 10.1 Å². The molecule has 0 saturated carbocycles. The molecular weight excluding hydrogens is 398 g/mol. The van der Waals surface area contributed by atoms with Crippen LogP contribution in [0.2, 0.25) is 0 Å². The molecule has 28 heavy (non-hydrogen) atoms. The molecule has 8 heteroatoms. The molecule has 0 amide bonds. The largest absolute Gasteiger partial charge is 0.494 e. The number of nitrogens with one attached hydrogen (secondary N) is 1. The van der Waals surface area contributed by atoms with Gasteiger partial charge in [0.05, 0.1) is 28.3 Å². The smallest absolute Gasteiger partial charge is 0.183 e. The third kappa shape index (κ3) is 4.74. The minimum atomic E-state index is -3.80. The van der Waals surface area contributed by atoms with Gasteiger partial charge in [-0.05, 0) is 43.7 Å². The Bertz CT molecular complexity index is 1030. The molecule has 3 rings (SSSR count). The van der Waals surface area contributed by atoms with E-state index in [2.05, 4.69) is 5.32 Å². The summed E-state index contributed by atoms with van der Waals surface area (Å²) in [5.41, 5.74) is 2.08. The molecule has 6 nitrogen and oxygen atoms in total. The number of ether oxygens (including phenoxy) is 1. The van der Waals surface area contributed by atoms with Crippen LogP contribution >= 0.6 is 0 Å². The lowest BCUT2D eigenvalue weighted by atomic mass is 10.1. The van der Waals surface area contributed by atoms with E-state index in [1.807, 2.05) is 38.1 Å². The number of aryl methyl sites for hydroxylation is 1. The van der Waals surface area contributed by atoms with Gasteiger partial charge in [0.1, 0.15) is 5.75 Å². The number of sulfone groups is 2. The highest BCUT2D eigenvalue weighted by molar-refractivity contribution is 7.96. The van der Waals surface area contributed by atoms with Crippen molar-refractivity contribution in [2.24, 2.45) is 0 Å². The van der Waals surface area contributed by atoms with Gasteiger partial charge in [-0.1, -0.05) is 29.8 Å². The molecule has 1 heterocycles. The predicted molar refractivity (Wildman–Crippen MR) is 109 cm³/mol. The Labute approximate surface area is 166 Å². The minimum absolute atomic E-state index is 0.111. The van der Waals surface area contributed by atoms with Crippen molar-refractivity contribution in [1.29, 1.82) is 0 Å². The van der Waals surface area contributed by atoms with Gasteiger partial charge in [-0.2, -0.15) is 0 Å². The van der Waals surface area contributed by atoms with E-state index in [1.54, 1.807) is 12.1 Å². The molecule has 0 aromatic heterocycles. The zero-order chi connectivity index (χ0) is 20.4. The number of benzene rings is 2. The normalized spacial score (nSPS) is 21.5. The first kappa shape index (κ1) is 20.8. The van der Waals surface area contributed by atoms with Crippen molar-refractivity contribution in [3.05, 3.63) is 59.7 Å². The molecule has 152 valence electrons. The fraction of sp³-hybridized carbons (Fsp3) is 0.400. The fourth-order valence-electron chi connectivity index (χ4n) is 3.45. The summed E-state index contributed by atoms with van der Waals surface area (Å²) in [5.74, 6) is 0.0305. The number of hydrogen-bond acceptors (Lipinski definition) is 6. The van der Waals surface area contributed by atoms with Gasteiger partial charge in [-0.15, -0.1) is 0 Å². The van der Waals surface area contributed by atoms with Crippen molar-refractivity contribution in [3.8, 4) is 5.75 Å². The van der Waals surface area contributed by atoms with E-state index in [0.29, 0.717) is 18.9 Å². The Hall–Kier alpha value is -1.90. The van der Waals surface area contributed by atoms with Crippen molar-refractivity contribution in [2.45, 2.75) is 36.6 Å². The van der Waals surface area contributed by atoms with Gasteiger partial charge in [-0.25, -0.2) is 16.8 Å². The highest BCUT2D eigenvalue weighted by Gasteiger charge is 2.45. The molecule has 1 N–H and O–H groups in total. The molecule has 0 aliphatic carbocycles. The summed E-state index contributed by atoms with van der Waals surface area (Å²) in [6, 6.07) is 13.3. The Morgan fingerprint density at radius 3 is 2.46 bits per heavy atom. The van der Waals surface area contributed by atoms with E-state index in [1.165, 1.54) is 12.1 Å². The molecule has 1 aliphatic heterocycles. The maximum atomic E-state index is 13.1.